The van der Waals surface area contributed by atoms with Crippen LogP contribution in [0.15, 0.2) is 39.7 Å². The zero-order chi connectivity index (χ0) is 21.3. The molecule has 0 bridgehead atoms. The summed E-state index contributed by atoms with van der Waals surface area (Å²) >= 11 is 1.22. The molecule has 0 saturated heterocycles. The van der Waals surface area contributed by atoms with Crippen LogP contribution < -0.4 is 10.7 Å². The van der Waals surface area contributed by atoms with Crippen molar-refractivity contribution < 1.29 is 18.7 Å². The topological polar surface area (TPSA) is 113 Å². The van der Waals surface area contributed by atoms with Crippen molar-refractivity contribution in [3.8, 4) is 6.07 Å². The van der Waals surface area contributed by atoms with E-state index in [1.54, 1.807) is 36.1 Å². The SMILES string of the molecule is CCOC(=O)N1CCc2c(sc(NC(=O)c3coc4ccccc4c3=O)c2C#N)C1. The molecule has 2 amide bonds. The number of fused-ring (bicyclic) bond motifs is 2. The predicted octanol–water partition coefficient (Wildman–Crippen LogP) is 3.49. The Balaban J connectivity index is 1.63. The highest BCUT2D eigenvalue weighted by Gasteiger charge is 2.28. The molecular weight excluding hydrogens is 406 g/mol. The van der Waals surface area contributed by atoms with Crippen LogP contribution in [0.25, 0.3) is 11.0 Å². The highest BCUT2D eigenvalue weighted by atomic mass is 32.1. The van der Waals surface area contributed by atoms with Gasteiger partial charge in [0.1, 0.15) is 28.5 Å². The number of nitrogens with zero attached hydrogens (tertiary/aromatic N) is 2. The van der Waals surface area contributed by atoms with Gasteiger partial charge in [0.05, 0.1) is 24.1 Å². The normalized spacial score (nSPS) is 12.9. The van der Waals surface area contributed by atoms with Crippen LogP contribution in [0.3, 0.4) is 0 Å². The minimum absolute atomic E-state index is 0.142. The van der Waals surface area contributed by atoms with E-state index in [4.69, 9.17) is 9.15 Å². The molecule has 0 aliphatic carbocycles. The number of rotatable bonds is 3. The Hall–Kier alpha value is -3.64. The van der Waals surface area contributed by atoms with Crippen molar-refractivity contribution in [2.45, 2.75) is 19.9 Å². The molecule has 8 nitrogen and oxygen atoms in total. The van der Waals surface area contributed by atoms with E-state index < -0.39 is 17.4 Å². The maximum atomic E-state index is 12.8. The van der Waals surface area contributed by atoms with Gasteiger partial charge in [-0.25, -0.2) is 4.79 Å². The van der Waals surface area contributed by atoms with Crippen molar-refractivity contribution in [3.63, 3.8) is 0 Å². The van der Waals surface area contributed by atoms with Crippen LogP contribution in [-0.4, -0.2) is 30.1 Å². The van der Waals surface area contributed by atoms with Gasteiger partial charge in [-0.1, -0.05) is 12.1 Å². The summed E-state index contributed by atoms with van der Waals surface area (Å²) in [4.78, 5) is 39.8. The van der Waals surface area contributed by atoms with E-state index in [1.165, 1.54) is 11.3 Å². The van der Waals surface area contributed by atoms with E-state index in [1.807, 2.05) is 0 Å². The molecular formula is C21H17N3O5S. The molecule has 0 saturated carbocycles. The fraction of sp³-hybridized carbons (Fsp3) is 0.238. The molecule has 1 N–H and O–H groups in total. The number of para-hydroxylation sites is 1. The lowest BCUT2D eigenvalue weighted by atomic mass is 10.0. The Morgan fingerprint density at radius 2 is 2.17 bits per heavy atom. The van der Waals surface area contributed by atoms with Crippen molar-refractivity contribution >= 4 is 39.3 Å². The van der Waals surface area contributed by atoms with Gasteiger partial charge in [-0.15, -0.1) is 11.3 Å². The lowest BCUT2D eigenvalue weighted by molar-refractivity contribution is 0.102. The second kappa shape index (κ2) is 8.00. The van der Waals surface area contributed by atoms with Gasteiger partial charge in [-0.2, -0.15) is 5.26 Å². The van der Waals surface area contributed by atoms with Gasteiger partial charge >= 0.3 is 6.09 Å². The van der Waals surface area contributed by atoms with Crippen LogP contribution >= 0.6 is 11.3 Å². The zero-order valence-electron chi connectivity index (χ0n) is 16.1. The van der Waals surface area contributed by atoms with Crippen molar-refractivity contribution in [1.29, 1.82) is 5.26 Å². The van der Waals surface area contributed by atoms with Gasteiger partial charge in [-0.05, 0) is 31.0 Å². The minimum atomic E-state index is -0.646. The Morgan fingerprint density at radius 3 is 2.93 bits per heavy atom. The van der Waals surface area contributed by atoms with E-state index >= 15 is 0 Å². The summed E-state index contributed by atoms with van der Waals surface area (Å²) < 4.78 is 10.4. The fourth-order valence-corrected chi connectivity index (χ4v) is 4.59. The first-order valence-electron chi connectivity index (χ1n) is 9.31. The Labute approximate surface area is 175 Å². The van der Waals surface area contributed by atoms with Crippen molar-refractivity contribution in [2.24, 2.45) is 0 Å². The number of anilines is 1. The molecule has 0 atom stereocenters. The maximum Gasteiger partial charge on any atom is 0.410 e. The first-order valence-corrected chi connectivity index (χ1v) is 10.1. The maximum absolute atomic E-state index is 12.8. The molecule has 0 fully saturated rings. The molecule has 30 heavy (non-hydrogen) atoms. The molecule has 1 aliphatic heterocycles. The largest absolute Gasteiger partial charge is 0.463 e. The number of carbonyl (C=O) groups is 2. The van der Waals surface area contributed by atoms with Gasteiger partial charge in [-0.3, -0.25) is 9.59 Å². The highest BCUT2D eigenvalue weighted by molar-refractivity contribution is 7.16. The number of nitriles is 1. The van der Waals surface area contributed by atoms with Crippen LogP contribution in [0.4, 0.5) is 9.80 Å². The highest BCUT2D eigenvalue weighted by Crippen LogP contribution is 2.37. The number of carbonyl (C=O) groups excluding carboxylic acids is 2. The Kier molecular flexibility index (Phi) is 5.25. The molecule has 3 heterocycles. The molecule has 9 heteroatoms. The van der Waals surface area contributed by atoms with Crippen LogP contribution in [-0.2, 0) is 17.7 Å². The number of thiophene rings is 1. The zero-order valence-corrected chi connectivity index (χ0v) is 16.9. The number of hydrogen-bond acceptors (Lipinski definition) is 7. The van der Waals surface area contributed by atoms with Crippen molar-refractivity contribution in [2.75, 3.05) is 18.5 Å². The summed E-state index contributed by atoms with van der Waals surface area (Å²) in [5.41, 5.74) is 0.975. The third-order valence-electron chi connectivity index (χ3n) is 4.85. The molecule has 0 radical (unpaired) electrons. The van der Waals surface area contributed by atoms with Gasteiger partial charge in [0.2, 0.25) is 5.43 Å². The second-order valence-corrected chi connectivity index (χ2v) is 7.72. The lowest BCUT2D eigenvalue weighted by Crippen LogP contribution is -2.35. The number of benzene rings is 1. The van der Waals surface area contributed by atoms with Gasteiger partial charge in [0.25, 0.3) is 5.91 Å². The monoisotopic (exact) mass is 423 g/mol. The van der Waals surface area contributed by atoms with Gasteiger partial charge in [0, 0.05) is 11.4 Å². The smallest absolute Gasteiger partial charge is 0.410 e. The second-order valence-electron chi connectivity index (χ2n) is 6.62. The van der Waals surface area contributed by atoms with E-state index in [-0.39, 0.29) is 12.2 Å². The van der Waals surface area contributed by atoms with Crippen LogP contribution in [0.2, 0.25) is 0 Å². The molecule has 3 aromatic rings. The molecule has 1 aromatic carbocycles. The van der Waals surface area contributed by atoms with Gasteiger partial charge in [0.15, 0.2) is 0 Å². The average Bonchev–Trinajstić information content (AvgIpc) is 3.10. The summed E-state index contributed by atoms with van der Waals surface area (Å²) in [5, 5.41) is 13.0. The number of hydrogen-bond donors (Lipinski definition) is 1. The lowest BCUT2D eigenvalue weighted by Gasteiger charge is -2.25. The predicted molar refractivity (Wildman–Crippen MR) is 111 cm³/mol. The summed E-state index contributed by atoms with van der Waals surface area (Å²) in [6.07, 6.45) is 1.21. The van der Waals surface area contributed by atoms with E-state index in [0.717, 1.165) is 16.7 Å². The minimum Gasteiger partial charge on any atom is -0.463 e. The van der Waals surface area contributed by atoms with Crippen LogP contribution in [0, 0.1) is 11.3 Å². The standard InChI is InChI=1S/C21H17N3O5S/c1-2-28-21(27)24-8-7-12-14(9-22)20(30-17(12)10-24)23-19(26)15-11-29-16-6-4-3-5-13(16)18(15)25/h3-6,11H,2,7-8,10H2,1H3,(H,23,26). The number of amides is 2. The molecule has 4 rings (SSSR count). The Bertz CT molecular complexity index is 1250. The molecule has 2 aromatic heterocycles. The number of nitrogens with one attached hydrogen (secondary N) is 1. The molecule has 0 spiro atoms. The molecule has 152 valence electrons. The summed E-state index contributed by atoms with van der Waals surface area (Å²) in [7, 11) is 0. The first kappa shape index (κ1) is 19.7. The van der Waals surface area contributed by atoms with E-state index in [9.17, 15) is 19.6 Å². The van der Waals surface area contributed by atoms with Crippen LogP contribution in [0.1, 0.15) is 33.3 Å². The summed E-state index contributed by atoms with van der Waals surface area (Å²) in [5.74, 6) is -0.646. The first-order chi connectivity index (χ1) is 14.5. The quantitative estimate of drug-likeness (QED) is 0.690. The van der Waals surface area contributed by atoms with Crippen molar-refractivity contribution in [3.05, 3.63) is 62.3 Å². The Morgan fingerprint density at radius 1 is 1.37 bits per heavy atom. The van der Waals surface area contributed by atoms with Crippen molar-refractivity contribution in [1.82, 2.24) is 4.90 Å². The third kappa shape index (κ3) is 3.42. The molecule has 1 aliphatic rings. The summed E-state index contributed by atoms with van der Waals surface area (Å²) in [6, 6.07) is 8.80. The van der Waals surface area contributed by atoms with Crippen LogP contribution in [0.5, 0.6) is 0 Å². The number of ether oxygens (including phenoxy) is 1. The average molecular weight is 423 g/mol. The fourth-order valence-electron chi connectivity index (χ4n) is 3.39. The summed E-state index contributed by atoms with van der Waals surface area (Å²) in [6.45, 7) is 2.76. The molecule has 0 unspecified atom stereocenters. The third-order valence-corrected chi connectivity index (χ3v) is 5.98. The van der Waals surface area contributed by atoms with E-state index in [2.05, 4.69) is 11.4 Å². The van der Waals surface area contributed by atoms with E-state index in [0.29, 0.717) is 41.0 Å². The van der Waals surface area contributed by atoms with Gasteiger partial charge < -0.3 is 19.4 Å².